The van der Waals surface area contributed by atoms with E-state index in [1.54, 1.807) is 16.2 Å². The van der Waals surface area contributed by atoms with E-state index in [-0.39, 0.29) is 11.8 Å². The smallest absolute Gasteiger partial charge is 0.264 e. The molecule has 1 atom stereocenters. The van der Waals surface area contributed by atoms with Crippen molar-refractivity contribution in [1.29, 1.82) is 0 Å². The lowest BCUT2D eigenvalue weighted by Crippen LogP contribution is -2.49. The van der Waals surface area contributed by atoms with Crippen LogP contribution in [0.3, 0.4) is 0 Å². The predicted molar refractivity (Wildman–Crippen MR) is 107 cm³/mol. The van der Waals surface area contributed by atoms with Gasteiger partial charge in [-0.2, -0.15) is 0 Å². The van der Waals surface area contributed by atoms with E-state index in [2.05, 4.69) is 10.3 Å². The van der Waals surface area contributed by atoms with E-state index >= 15 is 0 Å². The van der Waals surface area contributed by atoms with Crippen molar-refractivity contribution in [3.63, 3.8) is 0 Å². The Morgan fingerprint density at radius 3 is 2.73 bits per heavy atom. The minimum Gasteiger partial charge on any atom is -0.326 e. The van der Waals surface area contributed by atoms with Gasteiger partial charge in [-0.15, -0.1) is 34.0 Å². The fourth-order valence-corrected chi connectivity index (χ4v) is 5.20. The van der Waals surface area contributed by atoms with Crippen molar-refractivity contribution in [3.05, 3.63) is 45.3 Å². The third kappa shape index (κ3) is 3.58. The van der Waals surface area contributed by atoms with Crippen LogP contribution in [0.15, 0.2) is 40.4 Å². The van der Waals surface area contributed by atoms with Crippen LogP contribution < -0.4 is 5.32 Å². The fraction of sp³-hybridized carbons (Fsp3) is 0.278. The van der Waals surface area contributed by atoms with Crippen molar-refractivity contribution in [3.8, 4) is 10.6 Å². The van der Waals surface area contributed by atoms with Crippen molar-refractivity contribution < 1.29 is 9.59 Å². The Kier molecular flexibility index (Phi) is 5.14. The summed E-state index contributed by atoms with van der Waals surface area (Å²) in [5.74, 6) is -0.208. The second-order valence-electron chi connectivity index (χ2n) is 5.99. The average molecular weight is 404 g/mol. The fourth-order valence-electron chi connectivity index (χ4n) is 3.05. The molecule has 0 aromatic carbocycles. The zero-order chi connectivity index (χ0) is 17.9. The molecule has 1 N–H and O–H groups in total. The molecule has 134 valence electrons. The summed E-state index contributed by atoms with van der Waals surface area (Å²) in [7, 11) is 0. The van der Waals surface area contributed by atoms with E-state index in [0.29, 0.717) is 23.0 Å². The maximum atomic E-state index is 12.8. The molecule has 0 saturated carbocycles. The molecule has 1 aliphatic rings. The third-order valence-electron chi connectivity index (χ3n) is 4.31. The van der Waals surface area contributed by atoms with E-state index in [0.717, 1.165) is 23.4 Å². The van der Waals surface area contributed by atoms with Gasteiger partial charge in [-0.05, 0) is 42.2 Å². The third-order valence-corrected chi connectivity index (χ3v) is 6.81. The van der Waals surface area contributed by atoms with Gasteiger partial charge in [-0.1, -0.05) is 12.1 Å². The molecule has 0 radical (unpaired) electrons. The van der Waals surface area contributed by atoms with Gasteiger partial charge in [0.05, 0.1) is 15.4 Å². The van der Waals surface area contributed by atoms with Gasteiger partial charge in [0.2, 0.25) is 5.91 Å². The minimum absolute atomic E-state index is 0.0572. The van der Waals surface area contributed by atoms with Crippen LogP contribution >= 0.6 is 34.0 Å². The first-order valence-electron chi connectivity index (χ1n) is 8.37. The summed E-state index contributed by atoms with van der Waals surface area (Å²) in [6, 6.07) is 7.22. The summed E-state index contributed by atoms with van der Waals surface area (Å²) in [6.07, 6.45) is 2.57. The molecule has 1 aliphatic heterocycles. The lowest BCUT2D eigenvalue weighted by atomic mass is 10.0. The number of nitrogens with zero attached hydrogens (tertiary/aromatic N) is 2. The number of rotatable bonds is 4. The van der Waals surface area contributed by atoms with Crippen LogP contribution in [0.1, 0.15) is 28.9 Å². The van der Waals surface area contributed by atoms with Crippen molar-refractivity contribution in [1.82, 2.24) is 9.88 Å². The molecule has 0 aliphatic carbocycles. The van der Waals surface area contributed by atoms with Gasteiger partial charge in [-0.3, -0.25) is 9.59 Å². The molecule has 2 amide bonds. The quantitative estimate of drug-likeness (QED) is 0.694. The maximum absolute atomic E-state index is 12.8. The van der Waals surface area contributed by atoms with E-state index < -0.39 is 6.04 Å². The first-order valence-corrected chi connectivity index (χ1v) is 11.0. The molecular weight excluding hydrogens is 386 g/mol. The van der Waals surface area contributed by atoms with Gasteiger partial charge in [0.1, 0.15) is 6.04 Å². The molecule has 4 heterocycles. The number of carbonyl (C=O) groups is 2. The molecule has 0 bridgehead atoms. The van der Waals surface area contributed by atoms with Crippen molar-refractivity contribution in [2.45, 2.75) is 25.3 Å². The summed E-state index contributed by atoms with van der Waals surface area (Å²) in [5.41, 5.74) is 0.871. The molecule has 5 nitrogen and oxygen atoms in total. The molecule has 0 spiro atoms. The van der Waals surface area contributed by atoms with Crippen molar-refractivity contribution in [2.24, 2.45) is 0 Å². The molecule has 26 heavy (non-hydrogen) atoms. The lowest BCUT2D eigenvalue weighted by Gasteiger charge is -2.34. The normalized spacial score (nSPS) is 17.2. The maximum Gasteiger partial charge on any atom is 0.264 e. The highest BCUT2D eigenvalue weighted by molar-refractivity contribution is 7.16. The van der Waals surface area contributed by atoms with Gasteiger partial charge in [0, 0.05) is 11.9 Å². The summed E-state index contributed by atoms with van der Waals surface area (Å²) < 4.78 is 0. The molecule has 4 rings (SSSR count). The number of nitrogens with one attached hydrogen (secondary N) is 1. The zero-order valence-electron chi connectivity index (χ0n) is 13.9. The largest absolute Gasteiger partial charge is 0.326 e. The molecule has 3 aromatic heterocycles. The highest BCUT2D eigenvalue weighted by Crippen LogP contribution is 2.29. The van der Waals surface area contributed by atoms with E-state index in [1.165, 1.54) is 22.7 Å². The molecule has 3 aromatic rings. The Balaban J connectivity index is 1.48. The minimum atomic E-state index is -0.438. The lowest BCUT2D eigenvalue weighted by molar-refractivity contribution is -0.121. The number of amides is 2. The Morgan fingerprint density at radius 1 is 1.12 bits per heavy atom. The number of hydrogen-bond acceptors (Lipinski definition) is 6. The van der Waals surface area contributed by atoms with Crippen LogP contribution in [-0.4, -0.2) is 34.3 Å². The van der Waals surface area contributed by atoms with Gasteiger partial charge < -0.3 is 10.2 Å². The van der Waals surface area contributed by atoms with Crippen LogP contribution in [0, 0.1) is 0 Å². The molecule has 1 unspecified atom stereocenters. The number of thiazole rings is 1. The summed E-state index contributed by atoms with van der Waals surface area (Å²) >= 11 is 4.44. The standard InChI is InChI=1S/C18H17N3O2S3/c22-16(20-18-19-12(11-26-18)14-6-3-9-24-14)13-5-1-2-8-21(13)17(23)15-7-4-10-25-15/h3-4,6-7,9-11,13H,1-2,5,8H2,(H,19,20,22). The van der Waals surface area contributed by atoms with Crippen molar-refractivity contribution >= 4 is 51.0 Å². The highest BCUT2D eigenvalue weighted by Gasteiger charge is 2.33. The molecular formula is C18H17N3O2S3. The Bertz CT molecular complexity index is 887. The van der Waals surface area contributed by atoms with E-state index in [1.807, 2.05) is 40.4 Å². The van der Waals surface area contributed by atoms with Crippen LogP contribution in [-0.2, 0) is 4.79 Å². The number of carbonyl (C=O) groups excluding carboxylic acids is 2. The Labute approximate surface area is 163 Å². The second kappa shape index (κ2) is 7.69. The summed E-state index contributed by atoms with van der Waals surface area (Å²) in [5, 5.41) is 9.31. The zero-order valence-corrected chi connectivity index (χ0v) is 16.3. The number of thiophene rings is 2. The number of likely N-dealkylation sites (tertiary alicyclic amines) is 1. The van der Waals surface area contributed by atoms with Gasteiger partial charge in [0.15, 0.2) is 5.13 Å². The first kappa shape index (κ1) is 17.4. The average Bonchev–Trinajstić information content (AvgIpc) is 3.42. The van der Waals surface area contributed by atoms with Gasteiger partial charge in [0.25, 0.3) is 5.91 Å². The highest BCUT2D eigenvalue weighted by atomic mass is 32.1. The number of piperidine rings is 1. The van der Waals surface area contributed by atoms with Gasteiger partial charge in [-0.25, -0.2) is 4.98 Å². The first-order chi connectivity index (χ1) is 12.7. The van der Waals surface area contributed by atoms with E-state index in [9.17, 15) is 9.59 Å². The summed E-state index contributed by atoms with van der Waals surface area (Å²) in [4.78, 5) is 33.5. The van der Waals surface area contributed by atoms with Crippen LogP contribution in [0.2, 0.25) is 0 Å². The monoisotopic (exact) mass is 403 g/mol. The topological polar surface area (TPSA) is 62.3 Å². The molecule has 1 fully saturated rings. The van der Waals surface area contributed by atoms with Crippen molar-refractivity contribution in [2.75, 3.05) is 11.9 Å². The SMILES string of the molecule is O=C(Nc1nc(-c2cccs2)cs1)C1CCCCN1C(=O)c1cccs1. The summed E-state index contributed by atoms with van der Waals surface area (Å²) in [6.45, 7) is 0.618. The molecule has 1 saturated heterocycles. The number of aromatic nitrogens is 1. The number of hydrogen-bond donors (Lipinski definition) is 1. The Hall–Kier alpha value is -2.03. The van der Waals surface area contributed by atoms with Crippen LogP contribution in [0.4, 0.5) is 5.13 Å². The predicted octanol–water partition coefficient (Wildman–Crippen LogP) is 4.57. The Morgan fingerprint density at radius 2 is 1.96 bits per heavy atom. The van der Waals surface area contributed by atoms with Crippen LogP contribution in [0.5, 0.6) is 0 Å². The van der Waals surface area contributed by atoms with Crippen LogP contribution in [0.25, 0.3) is 10.6 Å². The second-order valence-corrected chi connectivity index (χ2v) is 8.75. The number of anilines is 1. The van der Waals surface area contributed by atoms with Gasteiger partial charge >= 0.3 is 0 Å². The van der Waals surface area contributed by atoms with E-state index in [4.69, 9.17) is 0 Å². The molecule has 8 heteroatoms.